The molecule has 0 radical (unpaired) electrons. The fraction of sp³-hybridized carbons (Fsp3) is 0.577. The Morgan fingerprint density at radius 3 is 2.71 bits per heavy atom. The molecule has 1 aromatic carbocycles. The molecular weight excluding hydrogens is 384 g/mol. The lowest BCUT2D eigenvalue weighted by atomic mass is 9.90. The highest BCUT2D eigenvalue weighted by atomic mass is 16.2. The molecular formula is C26H36N4O. The molecule has 2 saturated heterocycles. The lowest BCUT2D eigenvalue weighted by molar-refractivity contribution is -0.134. The van der Waals surface area contributed by atoms with E-state index in [0.29, 0.717) is 23.9 Å². The number of fused-ring (bicyclic) bond motifs is 2. The third kappa shape index (κ3) is 4.44. The van der Waals surface area contributed by atoms with Gasteiger partial charge in [0.1, 0.15) is 0 Å². The van der Waals surface area contributed by atoms with Crippen molar-refractivity contribution in [2.45, 2.75) is 51.1 Å². The van der Waals surface area contributed by atoms with Gasteiger partial charge in [0, 0.05) is 32.6 Å². The Morgan fingerprint density at radius 2 is 1.90 bits per heavy atom. The van der Waals surface area contributed by atoms with Crippen LogP contribution in [0.25, 0.3) is 0 Å². The molecule has 2 N–H and O–H groups in total. The summed E-state index contributed by atoms with van der Waals surface area (Å²) >= 11 is 0. The van der Waals surface area contributed by atoms with Crippen LogP contribution in [-0.4, -0.2) is 61.0 Å². The van der Waals surface area contributed by atoms with Crippen molar-refractivity contribution < 1.29 is 4.79 Å². The molecule has 2 fully saturated rings. The second kappa shape index (κ2) is 9.17. The summed E-state index contributed by atoms with van der Waals surface area (Å²) in [6.07, 6.45) is 11.8. The second-order valence-corrected chi connectivity index (χ2v) is 9.71. The van der Waals surface area contributed by atoms with E-state index in [1.54, 1.807) is 0 Å². The molecule has 5 heteroatoms. The maximum absolute atomic E-state index is 12.9. The SMILES string of the molecule is Cc1ccc2c(c1)CCC1=CC=CNC1C2N1CCN(C(=O)CC2CCNCC2)CC1. The van der Waals surface area contributed by atoms with Crippen LogP contribution >= 0.6 is 0 Å². The third-order valence-electron chi connectivity index (χ3n) is 7.68. The Morgan fingerprint density at radius 1 is 1.10 bits per heavy atom. The number of hydrogen-bond acceptors (Lipinski definition) is 4. The van der Waals surface area contributed by atoms with E-state index >= 15 is 0 Å². The molecule has 0 aromatic heterocycles. The Labute approximate surface area is 186 Å². The quantitative estimate of drug-likeness (QED) is 0.789. The molecule has 0 saturated carbocycles. The van der Waals surface area contributed by atoms with Gasteiger partial charge in [0.15, 0.2) is 0 Å². The molecule has 2 unspecified atom stereocenters. The monoisotopic (exact) mass is 420 g/mol. The van der Waals surface area contributed by atoms with Gasteiger partial charge in [-0.25, -0.2) is 0 Å². The lowest BCUT2D eigenvalue weighted by Crippen LogP contribution is -2.53. The average Bonchev–Trinajstić information content (AvgIpc) is 2.96. The van der Waals surface area contributed by atoms with Gasteiger partial charge in [-0.3, -0.25) is 9.69 Å². The molecule has 166 valence electrons. The summed E-state index contributed by atoms with van der Waals surface area (Å²) in [5, 5.41) is 7.08. The van der Waals surface area contributed by atoms with Crippen LogP contribution in [0.15, 0.2) is 42.1 Å². The number of piperidine rings is 1. The van der Waals surface area contributed by atoms with Gasteiger partial charge in [-0.1, -0.05) is 29.8 Å². The van der Waals surface area contributed by atoms with Gasteiger partial charge in [-0.05, 0) is 80.6 Å². The lowest BCUT2D eigenvalue weighted by Gasteiger charge is -2.43. The van der Waals surface area contributed by atoms with Crippen LogP contribution in [0.5, 0.6) is 0 Å². The summed E-state index contributed by atoms with van der Waals surface area (Å²) in [7, 11) is 0. The number of piperazine rings is 1. The van der Waals surface area contributed by atoms with E-state index in [0.717, 1.165) is 71.4 Å². The van der Waals surface area contributed by atoms with Crippen molar-refractivity contribution in [1.82, 2.24) is 20.4 Å². The van der Waals surface area contributed by atoms with Crippen LogP contribution in [0.1, 0.15) is 48.4 Å². The maximum Gasteiger partial charge on any atom is 0.222 e. The Balaban J connectivity index is 1.30. The topological polar surface area (TPSA) is 47.6 Å². The van der Waals surface area contributed by atoms with Crippen molar-refractivity contribution in [2.75, 3.05) is 39.3 Å². The minimum atomic E-state index is 0.325. The first-order chi connectivity index (χ1) is 15.2. The summed E-state index contributed by atoms with van der Waals surface area (Å²) in [6, 6.07) is 7.65. The van der Waals surface area contributed by atoms with E-state index in [1.165, 1.54) is 22.3 Å². The maximum atomic E-state index is 12.9. The predicted octanol–water partition coefficient (Wildman–Crippen LogP) is 2.93. The summed E-state index contributed by atoms with van der Waals surface area (Å²) in [5.41, 5.74) is 5.81. The van der Waals surface area contributed by atoms with Gasteiger partial charge >= 0.3 is 0 Å². The molecule has 3 aliphatic heterocycles. The second-order valence-electron chi connectivity index (χ2n) is 9.71. The number of aryl methyl sites for hydroxylation is 2. The Bertz CT molecular complexity index is 862. The van der Waals surface area contributed by atoms with Crippen molar-refractivity contribution in [3.8, 4) is 0 Å². The fourth-order valence-electron chi connectivity index (χ4n) is 5.89. The summed E-state index contributed by atoms with van der Waals surface area (Å²) in [5.74, 6) is 0.928. The van der Waals surface area contributed by atoms with Crippen molar-refractivity contribution >= 4 is 5.91 Å². The highest BCUT2D eigenvalue weighted by molar-refractivity contribution is 5.76. The fourth-order valence-corrected chi connectivity index (χ4v) is 5.89. The van der Waals surface area contributed by atoms with Crippen LogP contribution in [-0.2, 0) is 11.2 Å². The van der Waals surface area contributed by atoms with Gasteiger partial charge in [-0.2, -0.15) is 0 Å². The van der Waals surface area contributed by atoms with Crippen molar-refractivity contribution in [3.63, 3.8) is 0 Å². The predicted molar refractivity (Wildman–Crippen MR) is 125 cm³/mol. The summed E-state index contributed by atoms with van der Waals surface area (Å²) in [6.45, 7) is 7.91. The molecule has 3 heterocycles. The number of nitrogens with one attached hydrogen (secondary N) is 2. The van der Waals surface area contributed by atoms with Crippen LogP contribution in [0.4, 0.5) is 0 Å². The van der Waals surface area contributed by atoms with Crippen molar-refractivity contribution in [2.24, 2.45) is 5.92 Å². The number of dihydropyridines is 1. The van der Waals surface area contributed by atoms with Crippen LogP contribution in [0.3, 0.4) is 0 Å². The number of allylic oxidation sites excluding steroid dienone is 2. The molecule has 0 bridgehead atoms. The number of benzene rings is 1. The Hall–Kier alpha value is -2.11. The Kier molecular flexibility index (Phi) is 6.15. The molecule has 2 atom stereocenters. The van der Waals surface area contributed by atoms with Gasteiger partial charge in [0.2, 0.25) is 5.91 Å². The van der Waals surface area contributed by atoms with Crippen molar-refractivity contribution in [1.29, 1.82) is 0 Å². The van der Waals surface area contributed by atoms with Gasteiger partial charge in [0.05, 0.1) is 12.1 Å². The zero-order valence-corrected chi connectivity index (χ0v) is 18.8. The van der Waals surface area contributed by atoms with Crippen LogP contribution in [0.2, 0.25) is 0 Å². The average molecular weight is 421 g/mol. The largest absolute Gasteiger partial charge is 0.382 e. The van der Waals surface area contributed by atoms with Gasteiger partial charge in [0.25, 0.3) is 0 Å². The van der Waals surface area contributed by atoms with E-state index < -0.39 is 0 Å². The molecule has 0 spiro atoms. The zero-order chi connectivity index (χ0) is 21.2. The first-order valence-corrected chi connectivity index (χ1v) is 12.1. The number of hydrogen-bond donors (Lipinski definition) is 2. The number of nitrogens with zero attached hydrogens (tertiary/aromatic N) is 2. The van der Waals surface area contributed by atoms with E-state index in [1.807, 2.05) is 0 Å². The van der Waals surface area contributed by atoms with E-state index in [4.69, 9.17) is 0 Å². The molecule has 31 heavy (non-hydrogen) atoms. The van der Waals surface area contributed by atoms with Crippen molar-refractivity contribution in [3.05, 3.63) is 58.8 Å². The zero-order valence-electron chi connectivity index (χ0n) is 18.8. The minimum Gasteiger partial charge on any atom is -0.382 e. The standard InChI is InChI=1S/C26H36N4O/c1-19-4-7-23-22(17-19)6-5-21-3-2-10-28-25(21)26(23)30-15-13-29(14-16-30)24(31)18-20-8-11-27-12-9-20/h2-4,7,10,17,20,25-28H,5-6,8-9,11-16,18H2,1H3. The number of rotatable bonds is 3. The van der Waals surface area contributed by atoms with E-state index in [9.17, 15) is 4.79 Å². The normalized spacial score (nSPS) is 27.0. The molecule has 1 aliphatic carbocycles. The molecule has 1 aromatic rings. The minimum absolute atomic E-state index is 0.325. The third-order valence-corrected chi connectivity index (χ3v) is 7.68. The van der Waals surface area contributed by atoms with E-state index in [-0.39, 0.29) is 0 Å². The first kappa shape index (κ1) is 20.8. The molecule has 1 amide bonds. The smallest absolute Gasteiger partial charge is 0.222 e. The number of amides is 1. The highest BCUT2D eigenvalue weighted by Gasteiger charge is 2.37. The summed E-state index contributed by atoms with van der Waals surface area (Å²) < 4.78 is 0. The number of carbonyl (C=O) groups excluding carboxylic acids is 1. The first-order valence-electron chi connectivity index (χ1n) is 12.1. The summed E-state index contributed by atoms with van der Waals surface area (Å²) in [4.78, 5) is 17.7. The van der Waals surface area contributed by atoms with Crippen LogP contribution < -0.4 is 10.6 Å². The highest BCUT2D eigenvalue weighted by Crippen LogP contribution is 2.38. The van der Waals surface area contributed by atoms with Gasteiger partial charge < -0.3 is 15.5 Å². The molecule has 5 nitrogen and oxygen atoms in total. The molecule has 5 rings (SSSR count). The van der Waals surface area contributed by atoms with Gasteiger partial charge in [-0.15, -0.1) is 0 Å². The van der Waals surface area contributed by atoms with E-state index in [2.05, 4.69) is 63.9 Å². The van der Waals surface area contributed by atoms with Crippen LogP contribution in [0, 0.1) is 12.8 Å². The number of carbonyl (C=O) groups is 1. The molecule has 4 aliphatic rings.